The molecule has 2 saturated carbocycles. The molecule has 2 aliphatic carbocycles. The van der Waals surface area contributed by atoms with E-state index in [1.165, 1.54) is 6.42 Å². The van der Waals surface area contributed by atoms with Crippen LogP contribution in [0.1, 0.15) is 80.1 Å². The summed E-state index contributed by atoms with van der Waals surface area (Å²) >= 11 is 0. The zero-order valence-corrected chi connectivity index (χ0v) is 18.4. The van der Waals surface area contributed by atoms with Gasteiger partial charge in [0.1, 0.15) is 23.9 Å². The number of carbonyl (C=O) groups excluding carboxylic acids is 1. The smallest absolute Gasteiger partial charge is 0.332 e. The van der Waals surface area contributed by atoms with Crippen molar-refractivity contribution in [2.45, 2.75) is 103 Å². The molecule has 2 fully saturated rings. The summed E-state index contributed by atoms with van der Waals surface area (Å²) in [5, 5.41) is 0. The van der Waals surface area contributed by atoms with Crippen LogP contribution in [-0.2, 0) is 28.8 Å². The van der Waals surface area contributed by atoms with Crippen LogP contribution in [0.4, 0.5) is 0 Å². The third kappa shape index (κ3) is 8.00. The summed E-state index contributed by atoms with van der Waals surface area (Å²) in [5.74, 6) is 0.892. The van der Waals surface area contributed by atoms with Gasteiger partial charge < -0.3 is 14.2 Å². The molecule has 0 amide bonds. The van der Waals surface area contributed by atoms with E-state index in [1.807, 2.05) is 41.5 Å². The van der Waals surface area contributed by atoms with Crippen molar-refractivity contribution in [2.24, 2.45) is 11.8 Å². The molecule has 0 aromatic rings. The lowest BCUT2D eigenvalue weighted by Gasteiger charge is -2.43. The highest BCUT2D eigenvalue weighted by molar-refractivity contribution is 5.71. The Morgan fingerprint density at radius 3 is 2.36 bits per heavy atom. The van der Waals surface area contributed by atoms with Gasteiger partial charge in [0.2, 0.25) is 0 Å². The first-order valence-electron chi connectivity index (χ1n) is 10.5. The first-order chi connectivity index (χ1) is 12.9. The Bertz CT molecular complexity index is 530. The van der Waals surface area contributed by atoms with E-state index in [1.54, 1.807) is 0 Å². The normalized spacial score (nSPS) is 28.2. The summed E-state index contributed by atoms with van der Waals surface area (Å²) in [6.07, 6.45) is 6.37. The molecule has 0 saturated heterocycles. The van der Waals surface area contributed by atoms with Crippen molar-refractivity contribution in [3.05, 3.63) is 12.5 Å². The minimum Gasteiger partial charge on any atom is -0.460 e. The summed E-state index contributed by atoms with van der Waals surface area (Å²) in [5.41, 5.74) is -0.914. The Balaban J connectivity index is 1.84. The van der Waals surface area contributed by atoms with Gasteiger partial charge in [0, 0.05) is 0 Å². The van der Waals surface area contributed by atoms with Crippen LogP contribution in [0.2, 0.25) is 0 Å². The second-order valence-electron chi connectivity index (χ2n) is 9.99. The number of carbonyl (C=O) groups is 1. The van der Waals surface area contributed by atoms with E-state index in [2.05, 4.69) is 6.58 Å². The molecule has 0 bridgehead atoms. The van der Waals surface area contributed by atoms with E-state index in [-0.39, 0.29) is 30.7 Å². The highest BCUT2D eigenvalue weighted by Crippen LogP contribution is 2.43. The first kappa shape index (κ1) is 23.0. The van der Waals surface area contributed by atoms with Crippen molar-refractivity contribution >= 4 is 5.97 Å². The molecule has 2 aliphatic rings. The van der Waals surface area contributed by atoms with Gasteiger partial charge in [-0.15, -0.1) is 0 Å². The number of ether oxygens (including phenoxy) is 3. The summed E-state index contributed by atoms with van der Waals surface area (Å²) in [7, 11) is 0. The predicted molar refractivity (Wildman–Crippen MR) is 106 cm³/mol. The molecular formula is C22H38O6. The lowest BCUT2D eigenvalue weighted by Crippen LogP contribution is -2.42. The number of esters is 1. The van der Waals surface area contributed by atoms with Crippen LogP contribution < -0.4 is 0 Å². The van der Waals surface area contributed by atoms with Crippen molar-refractivity contribution in [3.8, 4) is 0 Å². The molecule has 4 atom stereocenters. The molecule has 4 unspecified atom stereocenters. The van der Waals surface area contributed by atoms with E-state index in [9.17, 15) is 4.79 Å². The Labute approximate surface area is 169 Å². The number of rotatable bonds is 7. The third-order valence-corrected chi connectivity index (χ3v) is 5.06. The average molecular weight is 399 g/mol. The Morgan fingerprint density at radius 2 is 1.71 bits per heavy atom. The Kier molecular flexibility index (Phi) is 7.80. The lowest BCUT2D eigenvalue weighted by molar-refractivity contribution is -0.348. The van der Waals surface area contributed by atoms with Crippen LogP contribution in [0.15, 0.2) is 12.5 Å². The van der Waals surface area contributed by atoms with Crippen molar-refractivity contribution in [1.82, 2.24) is 0 Å². The van der Waals surface area contributed by atoms with Gasteiger partial charge in [0.15, 0.2) is 0 Å². The molecule has 0 heterocycles. The Hall–Kier alpha value is -1.27. The van der Waals surface area contributed by atoms with Crippen LogP contribution in [0.3, 0.4) is 0 Å². The zero-order valence-electron chi connectivity index (χ0n) is 18.4. The van der Waals surface area contributed by atoms with Crippen molar-refractivity contribution in [2.75, 3.05) is 6.61 Å². The minimum atomic E-state index is -0.491. The fraction of sp³-hybridized carbons (Fsp3) is 0.864. The van der Waals surface area contributed by atoms with Gasteiger partial charge in [-0.25, -0.2) is 4.79 Å². The molecule has 2 rings (SSSR count). The molecule has 0 N–H and O–H groups in total. The van der Waals surface area contributed by atoms with Crippen LogP contribution in [0, 0.1) is 11.8 Å². The second-order valence-corrected chi connectivity index (χ2v) is 9.99. The van der Waals surface area contributed by atoms with Crippen molar-refractivity contribution in [3.63, 3.8) is 0 Å². The molecule has 0 spiro atoms. The summed E-state index contributed by atoms with van der Waals surface area (Å²) < 4.78 is 17.2. The molecular weight excluding hydrogens is 360 g/mol. The fourth-order valence-corrected chi connectivity index (χ4v) is 4.07. The Morgan fingerprint density at radius 1 is 1.00 bits per heavy atom. The van der Waals surface area contributed by atoms with E-state index < -0.39 is 11.2 Å². The van der Waals surface area contributed by atoms with Gasteiger partial charge in [-0.3, -0.25) is 4.89 Å². The topological polar surface area (TPSA) is 63.2 Å². The minimum absolute atomic E-state index is 0.00588. The maximum atomic E-state index is 12.0. The largest absolute Gasteiger partial charge is 0.460 e. The van der Waals surface area contributed by atoms with E-state index in [0.717, 1.165) is 32.1 Å². The first-order valence-corrected chi connectivity index (χ1v) is 10.5. The molecule has 28 heavy (non-hydrogen) atoms. The predicted octanol–water partition coefficient (Wildman–Crippen LogP) is 4.92. The molecule has 162 valence electrons. The third-order valence-electron chi connectivity index (χ3n) is 5.06. The standard InChI is InChI=1S/C22H38O6/c1-15(27-28-22(5,6)7)25-17-12-11-16-9-8-10-19(18(16)13-17)24-14-20(23)26-21(2,3)4/h16-19H,1,8-14H2,2-7H3. The van der Waals surface area contributed by atoms with Gasteiger partial charge in [0.25, 0.3) is 0 Å². The van der Waals surface area contributed by atoms with Crippen molar-refractivity contribution < 1.29 is 28.8 Å². The maximum Gasteiger partial charge on any atom is 0.332 e. The molecule has 0 aromatic carbocycles. The van der Waals surface area contributed by atoms with Crippen LogP contribution in [-0.4, -0.2) is 36.0 Å². The van der Waals surface area contributed by atoms with Gasteiger partial charge in [0.05, 0.1) is 6.10 Å². The van der Waals surface area contributed by atoms with E-state index in [4.69, 9.17) is 24.0 Å². The molecule has 6 nitrogen and oxygen atoms in total. The second kappa shape index (κ2) is 9.49. The van der Waals surface area contributed by atoms with Gasteiger partial charge in [-0.1, -0.05) is 6.42 Å². The number of fused-ring (bicyclic) bond motifs is 1. The van der Waals surface area contributed by atoms with Crippen LogP contribution in [0.25, 0.3) is 0 Å². The highest BCUT2D eigenvalue weighted by Gasteiger charge is 2.40. The van der Waals surface area contributed by atoms with Crippen LogP contribution in [0.5, 0.6) is 0 Å². The molecule has 0 radical (unpaired) electrons. The maximum absolute atomic E-state index is 12.0. The monoisotopic (exact) mass is 398 g/mol. The van der Waals surface area contributed by atoms with Gasteiger partial charge >= 0.3 is 11.9 Å². The SMILES string of the molecule is C=C(OOC(C)(C)C)OC1CCC2CCCC(OCC(=O)OC(C)(C)C)C2C1. The highest BCUT2D eigenvalue weighted by atomic mass is 17.2. The van der Waals surface area contributed by atoms with Gasteiger partial charge in [-0.2, -0.15) is 4.89 Å². The van der Waals surface area contributed by atoms with E-state index >= 15 is 0 Å². The molecule has 0 aliphatic heterocycles. The molecule has 6 heteroatoms. The average Bonchev–Trinajstić information content (AvgIpc) is 2.56. The fourth-order valence-electron chi connectivity index (χ4n) is 4.07. The summed E-state index contributed by atoms with van der Waals surface area (Å²) in [6, 6.07) is 0. The van der Waals surface area contributed by atoms with Gasteiger partial charge in [-0.05, 0) is 92.1 Å². The summed E-state index contributed by atoms with van der Waals surface area (Å²) in [6.45, 7) is 15.1. The lowest BCUT2D eigenvalue weighted by atomic mass is 9.68. The number of hydrogen-bond acceptors (Lipinski definition) is 6. The number of hydrogen-bond donors (Lipinski definition) is 0. The quantitative estimate of drug-likeness (QED) is 0.263. The van der Waals surface area contributed by atoms with Crippen LogP contribution >= 0.6 is 0 Å². The summed E-state index contributed by atoms with van der Waals surface area (Å²) in [4.78, 5) is 22.5. The van der Waals surface area contributed by atoms with E-state index in [0.29, 0.717) is 11.8 Å². The molecule has 0 aromatic heterocycles. The van der Waals surface area contributed by atoms with Crippen molar-refractivity contribution in [1.29, 1.82) is 0 Å². The zero-order chi connectivity index (χ0) is 20.9.